The lowest BCUT2D eigenvalue weighted by molar-refractivity contribution is 0.469. The molecule has 0 unspecified atom stereocenters. The molecule has 3 heteroatoms. The zero-order valence-electron chi connectivity index (χ0n) is 13.1. The molecule has 0 atom stereocenters. The van der Waals surface area contributed by atoms with Crippen LogP contribution in [0.5, 0.6) is 0 Å². The fraction of sp³-hybridized carbons (Fsp3) is 0.412. The normalized spacial score (nSPS) is 10.8. The monoisotopic (exact) mass is 272 g/mol. The Kier molecular flexibility index (Phi) is 4.50. The molecule has 0 aliphatic rings. The Labute approximate surface area is 121 Å². The van der Waals surface area contributed by atoms with Crippen molar-refractivity contribution in [2.75, 3.05) is 19.0 Å². The van der Waals surface area contributed by atoms with Gasteiger partial charge in [0.2, 0.25) is 0 Å². The highest BCUT2D eigenvalue weighted by Gasteiger charge is 2.11. The molecule has 2 rings (SSSR count). The Morgan fingerprint density at radius 1 is 1.15 bits per heavy atom. The predicted molar refractivity (Wildman–Crippen MR) is 84.2 cm³/mol. The number of hydrogen-bond acceptors (Lipinski definition) is 3. The second-order valence-electron chi connectivity index (χ2n) is 5.47. The van der Waals surface area contributed by atoms with Crippen molar-refractivity contribution >= 4 is 5.69 Å². The molecule has 1 aromatic heterocycles. The molecule has 0 aliphatic heterocycles. The third-order valence-electron chi connectivity index (χ3n) is 3.59. The molecule has 0 spiro atoms. The van der Waals surface area contributed by atoms with E-state index in [0.717, 1.165) is 24.6 Å². The largest absolute Gasteiger partial charge is 0.465 e. The minimum absolute atomic E-state index is 0.772. The Bertz CT molecular complexity index is 587. The summed E-state index contributed by atoms with van der Waals surface area (Å²) in [5.74, 6) is 2.00. The molecular formula is C17H24N2O. The fourth-order valence-corrected chi connectivity index (χ4v) is 2.58. The second-order valence-corrected chi connectivity index (χ2v) is 5.47. The van der Waals surface area contributed by atoms with Crippen molar-refractivity contribution in [3.63, 3.8) is 0 Å². The van der Waals surface area contributed by atoms with E-state index in [4.69, 9.17) is 4.42 Å². The van der Waals surface area contributed by atoms with E-state index in [9.17, 15) is 0 Å². The summed E-state index contributed by atoms with van der Waals surface area (Å²) in [6, 6.07) is 8.72. The van der Waals surface area contributed by atoms with Crippen LogP contribution in [0.3, 0.4) is 0 Å². The number of rotatable bonds is 5. The van der Waals surface area contributed by atoms with Crippen LogP contribution in [-0.2, 0) is 13.1 Å². The van der Waals surface area contributed by atoms with Gasteiger partial charge in [0.15, 0.2) is 0 Å². The van der Waals surface area contributed by atoms with Crippen molar-refractivity contribution in [3.05, 3.63) is 52.5 Å². The lowest BCUT2D eigenvalue weighted by Gasteiger charge is -2.21. The van der Waals surface area contributed by atoms with Gasteiger partial charge in [-0.15, -0.1) is 0 Å². The van der Waals surface area contributed by atoms with Gasteiger partial charge in [-0.25, -0.2) is 0 Å². The van der Waals surface area contributed by atoms with Crippen LogP contribution in [0.15, 0.2) is 28.7 Å². The summed E-state index contributed by atoms with van der Waals surface area (Å²) >= 11 is 0. The van der Waals surface area contributed by atoms with Gasteiger partial charge in [-0.1, -0.05) is 17.7 Å². The first-order chi connectivity index (χ1) is 9.51. The number of nitrogens with one attached hydrogen (secondary N) is 1. The van der Waals surface area contributed by atoms with Gasteiger partial charge in [-0.2, -0.15) is 0 Å². The van der Waals surface area contributed by atoms with Gasteiger partial charge in [-0.05, 0) is 45.5 Å². The molecule has 1 N–H and O–H groups in total. The van der Waals surface area contributed by atoms with E-state index >= 15 is 0 Å². The second kappa shape index (κ2) is 6.14. The lowest BCUT2D eigenvalue weighted by Crippen LogP contribution is -2.17. The molecule has 0 fully saturated rings. The maximum absolute atomic E-state index is 5.75. The number of anilines is 1. The Morgan fingerprint density at radius 3 is 2.55 bits per heavy atom. The van der Waals surface area contributed by atoms with E-state index in [1.54, 1.807) is 0 Å². The van der Waals surface area contributed by atoms with Crippen molar-refractivity contribution in [2.45, 2.75) is 33.9 Å². The predicted octanol–water partition coefficient (Wildman–Crippen LogP) is 3.56. The van der Waals surface area contributed by atoms with Gasteiger partial charge in [0.1, 0.15) is 11.5 Å². The molecule has 2 aromatic rings. The summed E-state index contributed by atoms with van der Waals surface area (Å²) in [6.07, 6.45) is 0. The zero-order chi connectivity index (χ0) is 14.7. The first-order valence-corrected chi connectivity index (χ1v) is 7.02. The summed E-state index contributed by atoms with van der Waals surface area (Å²) in [7, 11) is 4.06. The third kappa shape index (κ3) is 3.23. The molecule has 0 saturated carbocycles. The van der Waals surface area contributed by atoms with E-state index in [1.807, 2.05) is 14.0 Å². The van der Waals surface area contributed by atoms with Crippen LogP contribution in [0, 0.1) is 20.8 Å². The first kappa shape index (κ1) is 14.7. The van der Waals surface area contributed by atoms with E-state index in [1.165, 1.54) is 22.4 Å². The zero-order valence-corrected chi connectivity index (χ0v) is 13.1. The van der Waals surface area contributed by atoms with Crippen LogP contribution in [0.4, 0.5) is 5.69 Å². The summed E-state index contributed by atoms with van der Waals surface area (Å²) < 4.78 is 5.75. The van der Waals surface area contributed by atoms with Crippen LogP contribution in [0.1, 0.15) is 28.2 Å². The van der Waals surface area contributed by atoms with Gasteiger partial charge in [0, 0.05) is 24.8 Å². The maximum Gasteiger partial charge on any atom is 0.118 e. The van der Waals surface area contributed by atoms with Gasteiger partial charge in [-0.3, -0.25) is 0 Å². The van der Waals surface area contributed by atoms with Crippen LogP contribution in [0.25, 0.3) is 0 Å². The number of nitrogens with zero attached hydrogens (tertiary/aromatic N) is 1. The average molecular weight is 272 g/mol. The number of furan rings is 1. The van der Waals surface area contributed by atoms with Gasteiger partial charge in [0.25, 0.3) is 0 Å². The van der Waals surface area contributed by atoms with Crippen molar-refractivity contribution in [1.82, 2.24) is 5.32 Å². The van der Waals surface area contributed by atoms with Crippen molar-refractivity contribution in [1.29, 1.82) is 0 Å². The number of hydrogen-bond donors (Lipinski definition) is 1. The van der Waals surface area contributed by atoms with Crippen molar-refractivity contribution in [3.8, 4) is 0 Å². The molecule has 1 heterocycles. The highest BCUT2D eigenvalue weighted by Crippen LogP contribution is 2.23. The quantitative estimate of drug-likeness (QED) is 0.902. The van der Waals surface area contributed by atoms with Crippen LogP contribution in [0.2, 0.25) is 0 Å². The lowest BCUT2D eigenvalue weighted by atomic mass is 10.1. The standard InChI is InChI=1S/C17H24N2O/c1-12-6-7-17(13(2)8-12)19(5)11-15-9-16(10-18-4)20-14(15)3/h6-9,18H,10-11H2,1-5H3. The fourth-order valence-electron chi connectivity index (χ4n) is 2.58. The molecule has 108 valence electrons. The first-order valence-electron chi connectivity index (χ1n) is 7.02. The SMILES string of the molecule is CNCc1cc(CN(C)c2ccc(C)cc2C)c(C)o1. The maximum atomic E-state index is 5.75. The highest BCUT2D eigenvalue weighted by molar-refractivity contribution is 5.54. The van der Waals surface area contributed by atoms with Gasteiger partial charge < -0.3 is 14.6 Å². The number of aryl methyl sites for hydroxylation is 3. The molecular weight excluding hydrogens is 248 g/mol. The molecule has 0 saturated heterocycles. The molecule has 20 heavy (non-hydrogen) atoms. The van der Waals surface area contributed by atoms with Gasteiger partial charge in [0.05, 0.1) is 6.54 Å². The topological polar surface area (TPSA) is 28.4 Å². The molecule has 0 bridgehead atoms. The Balaban J connectivity index is 2.16. The summed E-state index contributed by atoms with van der Waals surface area (Å²) in [5.41, 5.74) is 5.13. The van der Waals surface area contributed by atoms with Gasteiger partial charge >= 0.3 is 0 Å². The smallest absolute Gasteiger partial charge is 0.118 e. The average Bonchev–Trinajstić information content (AvgIpc) is 2.70. The third-order valence-corrected chi connectivity index (χ3v) is 3.59. The minimum atomic E-state index is 0.772. The Morgan fingerprint density at radius 2 is 1.90 bits per heavy atom. The molecule has 1 aromatic carbocycles. The summed E-state index contributed by atoms with van der Waals surface area (Å²) in [5, 5.41) is 3.12. The summed E-state index contributed by atoms with van der Waals surface area (Å²) in [6.45, 7) is 7.95. The molecule has 0 amide bonds. The molecule has 0 aliphatic carbocycles. The van der Waals surface area contributed by atoms with Crippen molar-refractivity contribution in [2.24, 2.45) is 0 Å². The van der Waals surface area contributed by atoms with E-state index in [0.29, 0.717) is 0 Å². The Hall–Kier alpha value is -1.74. The highest BCUT2D eigenvalue weighted by atomic mass is 16.3. The van der Waals surface area contributed by atoms with Crippen LogP contribution in [-0.4, -0.2) is 14.1 Å². The van der Waals surface area contributed by atoms with E-state index in [2.05, 4.69) is 55.4 Å². The van der Waals surface area contributed by atoms with Crippen LogP contribution >= 0.6 is 0 Å². The molecule has 0 radical (unpaired) electrons. The number of benzene rings is 1. The van der Waals surface area contributed by atoms with Crippen LogP contribution < -0.4 is 10.2 Å². The summed E-state index contributed by atoms with van der Waals surface area (Å²) in [4.78, 5) is 2.27. The minimum Gasteiger partial charge on any atom is -0.465 e. The van der Waals surface area contributed by atoms with E-state index < -0.39 is 0 Å². The van der Waals surface area contributed by atoms with E-state index in [-0.39, 0.29) is 0 Å². The molecule has 3 nitrogen and oxygen atoms in total. The van der Waals surface area contributed by atoms with Crippen molar-refractivity contribution < 1.29 is 4.42 Å².